The Hall–Kier alpha value is -2.86. The van der Waals surface area contributed by atoms with Crippen LogP contribution in [0, 0.1) is 0 Å². The van der Waals surface area contributed by atoms with Crippen molar-refractivity contribution in [1.82, 2.24) is 15.1 Å². The van der Waals surface area contributed by atoms with Crippen LogP contribution >= 0.6 is 11.6 Å². The molecule has 2 aromatic carbocycles. The summed E-state index contributed by atoms with van der Waals surface area (Å²) in [4.78, 5) is 42.5. The molecule has 2 aromatic rings. The Bertz CT molecular complexity index is 966. The monoisotopic (exact) mass is 439 g/mol. The maximum Gasteiger partial charge on any atom is 0.254 e. The molecular weight excluding hydrogens is 414 g/mol. The fourth-order valence-corrected chi connectivity index (χ4v) is 4.64. The normalized spacial score (nSPS) is 20.7. The van der Waals surface area contributed by atoms with Crippen molar-refractivity contribution in [3.05, 3.63) is 70.7 Å². The lowest BCUT2D eigenvalue weighted by atomic mass is 10.1. The summed E-state index contributed by atoms with van der Waals surface area (Å²) in [6.07, 6.45) is 2.80. The van der Waals surface area contributed by atoms with Crippen molar-refractivity contribution in [2.75, 3.05) is 13.1 Å². The van der Waals surface area contributed by atoms with Crippen LogP contribution in [0.5, 0.6) is 0 Å². The van der Waals surface area contributed by atoms with Gasteiger partial charge < -0.3 is 15.1 Å². The van der Waals surface area contributed by atoms with Gasteiger partial charge >= 0.3 is 0 Å². The van der Waals surface area contributed by atoms with Gasteiger partial charge in [-0.25, -0.2) is 0 Å². The van der Waals surface area contributed by atoms with Gasteiger partial charge in [-0.05, 0) is 49.4 Å². The first-order valence-electron chi connectivity index (χ1n) is 10.7. The van der Waals surface area contributed by atoms with E-state index in [2.05, 4.69) is 5.32 Å². The van der Waals surface area contributed by atoms with E-state index in [-0.39, 0.29) is 17.7 Å². The number of hydrogen-bond donors (Lipinski definition) is 1. The van der Waals surface area contributed by atoms with Crippen molar-refractivity contribution in [3.8, 4) is 0 Å². The van der Waals surface area contributed by atoms with E-state index in [1.165, 1.54) is 0 Å². The van der Waals surface area contributed by atoms with Gasteiger partial charge in [-0.2, -0.15) is 0 Å². The predicted octanol–water partition coefficient (Wildman–Crippen LogP) is 3.25. The number of nitrogens with one attached hydrogen (secondary N) is 1. The van der Waals surface area contributed by atoms with Gasteiger partial charge in [0.05, 0.1) is 0 Å². The van der Waals surface area contributed by atoms with Gasteiger partial charge in [0.25, 0.3) is 5.91 Å². The topological polar surface area (TPSA) is 69.7 Å². The van der Waals surface area contributed by atoms with Gasteiger partial charge in [-0.1, -0.05) is 48.0 Å². The van der Waals surface area contributed by atoms with Crippen molar-refractivity contribution >= 4 is 29.3 Å². The first-order valence-corrected chi connectivity index (χ1v) is 11.1. The third-order valence-electron chi connectivity index (χ3n) is 6.02. The lowest BCUT2D eigenvalue weighted by Gasteiger charge is -2.31. The van der Waals surface area contributed by atoms with Gasteiger partial charge in [-0.3, -0.25) is 14.4 Å². The number of amides is 3. The lowest BCUT2D eigenvalue weighted by molar-refractivity contribution is -0.141. The fraction of sp³-hybridized carbons (Fsp3) is 0.375. The van der Waals surface area contributed by atoms with Crippen LogP contribution in [0.15, 0.2) is 54.6 Å². The molecule has 0 radical (unpaired) electrons. The van der Waals surface area contributed by atoms with Crippen LogP contribution in [0.25, 0.3) is 0 Å². The van der Waals surface area contributed by atoms with E-state index in [9.17, 15) is 14.4 Å². The standard InChI is InChI=1S/C24H26ClN3O3/c25-19-10-4-9-18(15-19)23(30)28-14-6-12-21(28)24(31)27-13-5-11-20(27)22(29)26-16-17-7-2-1-3-8-17/h1-4,7-10,15,20-21H,5-6,11-14,16H2,(H,26,29)/t20-,21-/m1/s1. The molecule has 0 aromatic heterocycles. The summed E-state index contributed by atoms with van der Waals surface area (Å²) in [6, 6.07) is 15.5. The van der Waals surface area contributed by atoms with Crippen LogP contribution < -0.4 is 5.32 Å². The minimum absolute atomic E-state index is 0.134. The average molecular weight is 440 g/mol. The highest BCUT2D eigenvalue weighted by molar-refractivity contribution is 6.31. The van der Waals surface area contributed by atoms with Gasteiger partial charge in [0.1, 0.15) is 12.1 Å². The van der Waals surface area contributed by atoms with Crippen LogP contribution in [0.1, 0.15) is 41.6 Å². The van der Waals surface area contributed by atoms with Crippen LogP contribution in [0.4, 0.5) is 0 Å². The highest BCUT2D eigenvalue weighted by Gasteiger charge is 2.42. The van der Waals surface area contributed by atoms with E-state index in [1.54, 1.807) is 34.1 Å². The molecule has 0 aliphatic carbocycles. The number of rotatable bonds is 5. The maximum atomic E-state index is 13.4. The molecule has 0 bridgehead atoms. The van der Waals surface area contributed by atoms with Crippen molar-refractivity contribution < 1.29 is 14.4 Å². The van der Waals surface area contributed by atoms with E-state index in [0.29, 0.717) is 43.1 Å². The van der Waals surface area contributed by atoms with Gasteiger partial charge in [0, 0.05) is 30.2 Å². The predicted molar refractivity (Wildman–Crippen MR) is 119 cm³/mol. The third kappa shape index (κ3) is 4.74. The van der Waals surface area contributed by atoms with Crippen molar-refractivity contribution in [2.24, 2.45) is 0 Å². The Morgan fingerprint density at radius 1 is 0.903 bits per heavy atom. The molecule has 6 nitrogen and oxygen atoms in total. The molecule has 4 rings (SSSR count). The molecular formula is C24H26ClN3O3. The van der Waals surface area contributed by atoms with E-state index >= 15 is 0 Å². The molecule has 2 aliphatic heterocycles. The smallest absolute Gasteiger partial charge is 0.254 e. The minimum atomic E-state index is -0.533. The summed E-state index contributed by atoms with van der Waals surface area (Å²) < 4.78 is 0. The summed E-state index contributed by atoms with van der Waals surface area (Å²) in [6.45, 7) is 1.50. The second-order valence-electron chi connectivity index (χ2n) is 8.06. The largest absolute Gasteiger partial charge is 0.350 e. The van der Waals surface area contributed by atoms with Crippen LogP contribution in [0.3, 0.4) is 0 Å². The molecule has 31 heavy (non-hydrogen) atoms. The molecule has 0 unspecified atom stereocenters. The second-order valence-corrected chi connectivity index (χ2v) is 8.50. The Balaban J connectivity index is 1.43. The zero-order chi connectivity index (χ0) is 21.8. The highest BCUT2D eigenvalue weighted by Crippen LogP contribution is 2.27. The summed E-state index contributed by atoms with van der Waals surface area (Å²) in [5.41, 5.74) is 1.49. The summed E-state index contributed by atoms with van der Waals surface area (Å²) >= 11 is 6.04. The Morgan fingerprint density at radius 3 is 2.35 bits per heavy atom. The van der Waals surface area contributed by atoms with E-state index < -0.39 is 12.1 Å². The first kappa shape index (κ1) is 21.4. The SMILES string of the molecule is O=C(NCc1ccccc1)[C@H]1CCCN1C(=O)[C@H]1CCCN1C(=O)c1cccc(Cl)c1. The van der Waals surface area contributed by atoms with Crippen LogP contribution in [-0.4, -0.2) is 52.7 Å². The minimum Gasteiger partial charge on any atom is -0.350 e. The molecule has 2 aliphatic rings. The Kier molecular flexibility index (Phi) is 6.56. The quantitative estimate of drug-likeness (QED) is 0.777. The van der Waals surface area contributed by atoms with Crippen LogP contribution in [0.2, 0.25) is 5.02 Å². The maximum absolute atomic E-state index is 13.4. The molecule has 7 heteroatoms. The Labute approximate surface area is 187 Å². The summed E-state index contributed by atoms with van der Waals surface area (Å²) in [5.74, 6) is -0.465. The molecule has 2 atom stereocenters. The number of carbonyl (C=O) groups is 3. The molecule has 2 saturated heterocycles. The lowest BCUT2D eigenvalue weighted by Crippen LogP contribution is -2.52. The third-order valence-corrected chi connectivity index (χ3v) is 6.25. The number of benzene rings is 2. The number of likely N-dealkylation sites (tertiary alicyclic amines) is 2. The zero-order valence-corrected chi connectivity index (χ0v) is 18.1. The van der Waals surface area contributed by atoms with E-state index in [1.807, 2.05) is 30.3 Å². The Morgan fingerprint density at radius 2 is 1.61 bits per heavy atom. The number of carbonyl (C=O) groups excluding carboxylic acids is 3. The van der Waals surface area contributed by atoms with Gasteiger partial charge in [0.2, 0.25) is 11.8 Å². The van der Waals surface area contributed by atoms with Crippen molar-refractivity contribution in [1.29, 1.82) is 0 Å². The number of halogens is 1. The second kappa shape index (κ2) is 9.52. The number of hydrogen-bond acceptors (Lipinski definition) is 3. The summed E-state index contributed by atoms with van der Waals surface area (Å²) in [5, 5.41) is 3.44. The molecule has 2 heterocycles. The molecule has 1 N–H and O–H groups in total. The first-order chi connectivity index (χ1) is 15.0. The fourth-order valence-electron chi connectivity index (χ4n) is 4.45. The van der Waals surface area contributed by atoms with Gasteiger partial charge in [0.15, 0.2) is 0 Å². The molecule has 0 spiro atoms. The summed E-state index contributed by atoms with van der Waals surface area (Å²) in [7, 11) is 0. The van der Waals surface area contributed by atoms with Crippen molar-refractivity contribution in [2.45, 2.75) is 44.3 Å². The molecule has 2 fully saturated rings. The van der Waals surface area contributed by atoms with Crippen molar-refractivity contribution in [3.63, 3.8) is 0 Å². The van der Waals surface area contributed by atoms with E-state index in [0.717, 1.165) is 18.4 Å². The van der Waals surface area contributed by atoms with Crippen LogP contribution in [-0.2, 0) is 16.1 Å². The van der Waals surface area contributed by atoms with Gasteiger partial charge in [-0.15, -0.1) is 0 Å². The highest BCUT2D eigenvalue weighted by atomic mass is 35.5. The number of nitrogens with zero attached hydrogens (tertiary/aromatic N) is 2. The molecule has 0 saturated carbocycles. The zero-order valence-electron chi connectivity index (χ0n) is 17.3. The average Bonchev–Trinajstić information content (AvgIpc) is 3.47. The molecule has 162 valence electrons. The van der Waals surface area contributed by atoms with E-state index in [4.69, 9.17) is 11.6 Å². The molecule has 3 amide bonds.